The highest BCUT2D eigenvalue weighted by molar-refractivity contribution is 4.88. The Bertz CT molecular complexity index is 193. The van der Waals surface area contributed by atoms with Crippen LogP contribution in [0.2, 0.25) is 0 Å². The van der Waals surface area contributed by atoms with Gasteiger partial charge < -0.3 is 0 Å². The molecule has 2 nitrogen and oxygen atoms in total. The lowest BCUT2D eigenvalue weighted by Gasteiger charge is -2.41. The molecule has 0 aromatic rings. The SMILES string of the molecule is CCCC1CCC(C(NN)C2CCC2)CC1. The summed E-state index contributed by atoms with van der Waals surface area (Å²) in [5.74, 6) is 8.52. The highest BCUT2D eigenvalue weighted by atomic mass is 15.2. The van der Waals surface area contributed by atoms with Crippen LogP contribution in [0.25, 0.3) is 0 Å². The predicted molar refractivity (Wildman–Crippen MR) is 68.8 cm³/mol. The van der Waals surface area contributed by atoms with Crippen LogP contribution in [0.4, 0.5) is 0 Å². The number of rotatable bonds is 5. The molecule has 2 aliphatic carbocycles. The Morgan fingerprint density at radius 1 is 1.06 bits per heavy atom. The Hall–Kier alpha value is -0.0800. The van der Waals surface area contributed by atoms with E-state index in [9.17, 15) is 0 Å². The molecule has 0 aromatic carbocycles. The maximum Gasteiger partial charge on any atom is 0.0266 e. The Balaban J connectivity index is 1.77. The van der Waals surface area contributed by atoms with Crippen molar-refractivity contribution in [2.45, 2.75) is 70.8 Å². The molecule has 0 amide bonds. The molecule has 1 unspecified atom stereocenters. The quantitative estimate of drug-likeness (QED) is 0.556. The molecule has 94 valence electrons. The molecule has 2 fully saturated rings. The molecular weight excluding hydrogens is 196 g/mol. The summed E-state index contributed by atoms with van der Waals surface area (Å²) >= 11 is 0. The lowest BCUT2D eigenvalue weighted by molar-refractivity contribution is 0.129. The van der Waals surface area contributed by atoms with E-state index in [1.54, 1.807) is 0 Å². The summed E-state index contributed by atoms with van der Waals surface area (Å²) in [5.41, 5.74) is 3.12. The van der Waals surface area contributed by atoms with Gasteiger partial charge in [-0.15, -0.1) is 0 Å². The van der Waals surface area contributed by atoms with Crippen LogP contribution in [-0.2, 0) is 0 Å². The summed E-state index contributed by atoms with van der Waals surface area (Å²) in [6.45, 7) is 2.31. The van der Waals surface area contributed by atoms with E-state index in [2.05, 4.69) is 12.3 Å². The number of nitrogens with one attached hydrogen (secondary N) is 1. The maximum atomic E-state index is 5.76. The largest absolute Gasteiger partial charge is 0.271 e. The number of hydrogen-bond acceptors (Lipinski definition) is 2. The van der Waals surface area contributed by atoms with Crippen LogP contribution in [0.5, 0.6) is 0 Å². The average molecular weight is 224 g/mol. The van der Waals surface area contributed by atoms with E-state index in [4.69, 9.17) is 5.84 Å². The third kappa shape index (κ3) is 2.78. The van der Waals surface area contributed by atoms with Crippen molar-refractivity contribution in [3.63, 3.8) is 0 Å². The van der Waals surface area contributed by atoms with Gasteiger partial charge in [0.1, 0.15) is 0 Å². The second-order valence-electron chi connectivity index (χ2n) is 5.95. The van der Waals surface area contributed by atoms with E-state index < -0.39 is 0 Å². The van der Waals surface area contributed by atoms with Crippen molar-refractivity contribution in [2.24, 2.45) is 23.6 Å². The van der Waals surface area contributed by atoms with Crippen LogP contribution in [0.3, 0.4) is 0 Å². The van der Waals surface area contributed by atoms with Crippen molar-refractivity contribution >= 4 is 0 Å². The van der Waals surface area contributed by atoms with Crippen LogP contribution in [-0.4, -0.2) is 6.04 Å². The standard InChI is InChI=1S/C14H28N2/c1-2-4-11-7-9-13(10-8-11)14(16-15)12-5-3-6-12/h11-14,16H,2-10,15H2,1H3. The first-order valence-electron chi connectivity index (χ1n) is 7.31. The normalized spacial score (nSPS) is 33.4. The summed E-state index contributed by atoms with van der Waals surface area (Å²) in [4.78, 5) is 0. The minimum absolute atomic E-state index is 0.622. The number of hydrogen-bond donors (Lipinski definition) is 2. The molecule has 2 aliphatic rings. The summed E-state index contributed by atoms with van der Waals surface area (Å²) in [6.07, 6.45) is 12.8. The molecular formula is C14H28N2. The van der Waals surface area contributed by atoms with Crippen molar-refractivity contribution in [1.29, 1.82) is 0 Å². The Kier molecular flexibility index (Phi) is 4.66. The summed E-state index contributed by atoms with van der Waals surface area (Å²) in [6, 6.07) is 0.622. The van der Waals surface area contributed by atoms with E-state index >= 15 is 0 Å². The first-order chi connectivity index (χ1) is 7.85. The summed E-state index contributed by atoms with van der Waals surface area (Å²) in [5, 5.41) is 0. The van der Waals surface area contributed by atoms with Gasteiger partial charge in [0.15, 0.2) is 0 Å². The molecule has 3 N–H and O–H groups in total. The summed E-state index contributed by atoms with van der Waals surface area (Å²) in [7, 11) is 0. The van der Waals surface area contributed by atoms with E-state index in [-0.39, 0.29) is 0 Å². The van der Waals surface area contributed by atoms with E-state index in [1.807, 2.05) is 0 Å². The zero-order chi connectivity index (χ0) is 11.4. The number of hydrazine groups is 1. The molecule has 0 aliphatic heterocycles. The fourth-order valence-corrected chi connectivity index (χ4v) is 3.70. The molecule has 0 radical (unpaired) electrons. The average Bonchev–Trinajstić information content (AvgIpc) is 2.25. The molecule has 0 spiro atoms. The van der Waals surface area contributed by atoms with Gasteiger partial charge in [-0.3, -0.25) is 11.3 Å². The topological polar surface area (TPSA) is 38.0 Å². The maximum absolute atomic E-state index is 5.76. The molecule has 16 heavy (non-hydrogen) atoms. The minimum Gasteiger partial charge on any atom is -0.271 e. The van der Waals surface area contributed by atoms with Crippen molar-refractivity contribution in [2.75, 3.05) is 0 Å². The lowest BCUT2D eigenvalue weighted by Crippen LogP contribution is -2.49. The fourth-order valence-electron chi connectivity index (χ4n) is 3.70. The van der Waals surface area contributed by atoms with Crippen molar-refractivity contribution < 1.29 is 0 Å². The van der Waals surface area contributed by atoms with Crippen LogP contribution in [0.1, 0.15) is 64.7 Å². The zero-order valence-corrected chi connectivity index (χ0v) is 10.8. The van der Waals surface area contributed by atoms with E-state index in [0.29, 0.717) is 6.04 Å². The molecule has 2 heteroatoms. The van der Waals surface area contributed by atoms with Gasteiger partial charge >= 0.3 is 0 Å². The van der Waals surface area contributed by atoms with Crippen LogP contribution in [0, 0.1) is 17.8 Å². The third-order valence-corrected chi connectivity index (χ3v) is 4.95. The highest BCUT2D eigenvalue weighted by Gasteiger charge is 2.34. The monoisotopic (exact) mass is 224 g/mol. The molecule has 2 rings (SSSR count). The fraction of sp³-hybridized carbons (Fsp3) is 1.00. The van der Waals surface area contributed by atoms with Gasteiger partial charge in [0, 0.05) is 6.04 Å². The third-order valence-electron chi connectivity index (χ3n) is 4.95. The molecule has 0 heterocycles. The second-order valence-corrected chi connectivity index (χ2v) is 5.95. The van der Waals surface area contributed by atoms with Crippen LogP contribution >= 0.6 is 0 Å². The molecule has 0 bridgehead atoms. The smallest absolute Gasteiger partial charge is 0.0266 e. The molecule has 1 atom stereocenters. The minimum atomic E-state index is 0.622. The van der Waals surface area contributed by atoms with Crippen LogP contribution in [0.15, 0.2) is 0 Å². The zero-order valence-electron chi connectivity index (χ0n) is 10.8. The Morgan fingerprint density at radius 2 is 1.69 bits per heavy atom. The molecule has 0 aromatic heterocycles. The van der Waals surface area contributed by atoms with Crippen LogP contribution < -0.4 is 11.3 Å². The molecule has 0 saturated heterocycles. The highest BCUT2D eigenvalue weighted by Crippen LogP contribution is 2.39. The van der Waals surface area contributed by atoms with E-state index in [0.717, 1.165) is 17.8 Å². The Labute approximate surface area is 100 Å². The van der Waals surface area contributed by atoms with Gasteiger partial charge in [-0.05, 0) is 43.4 Å². The first-order valence-corrected chi connectivity index (χ1v) is 7.31. The first kappa shape index (κ1) is 12.4. The van der Waals surface area contributed by atoms with Gasteiger partial charge in [0.05, 0.1) is 0 Å². The second kappa shape index (κ2) is 6.02. The van der Waals surface area contributed by atoms with Gasteiger partial charge in [0.2, 0.25) is 0 Å². The van der Waals surface area contributed by atoms with Crippen molar-refractivity contribution in [1.82, 2.24) is 5.43 Å². The van der Waals surface area contributed by atoms with E-state index in [1.165, 1.54) is 57.8 Å². The van der Waals surface area contributed by atoms with Gasteiger partial charge in [-0.1, -0.05) is 39.0 Å². The van der Waals surface area contributed by atoms with Gasteiger partial charge in [-0.25, -0.2) is 0 Å². The van der Waals surface area contributed by atoms with Crippen molar-refractivity contribution in [3.05, 3.63) is 0 Å². The lowest BCUT2D eigenvalue weighted by atomic mass is 9.69. The predicted octanol–water partition coefficient (Wildman–Crippen LogP) is 3.22. The van der Waals surface area contributed by atoms with Gasteiger partial charge in [0.25, 0.3) is 0 Å². The number of nitrogens with two attached hydrogens (primary N) is 1. The van der Waals surface area contributed by atoms with Gasteiger partial charge in [-0.2, -0.15) is 0 Å². The Morgan fingerprint density at radius 3 is 2.12 bits per heavy atom. The molecule has 2 saturated carbocycles. The van der Waals surface area contributed by atoms with Crippen molar-refractivity contribution in [3.8, 4) is 0 Å². The summed E-state index contributed by atoms with van der Waals surface area (Å²) < 4.78 is 0.